The van der Waals surface area contributed by atoms with Gasteiger partial charge in [-0.1, -0.05) is 18.2 Å². The Morgan fingerprint density at radius 1 is 1.21 bits per heavy atom. The summed E-state index contributed by atoms with van der Waals surface area (Å²) in [5.74, 6) is 0.969. The molecule has 0 spiro atoms. The Hall–Kier alpha value is -2.23. The summed E-state index contributed by atoms with van der Waals surface area (Å²) in [5, 5.41) is 2.74. The SMILES string of the molecule is Cc1cccc(C)c1OCCNC(=O)c1ccco1. The summed E-state index contributed by atoms with van der Waals surface area (Å²) in [6.07, 6.45) is 1.47. The van der Waals surface area contributed by atoms with Crippen molar-refractivity contribution in [2.24, 2.45) is 0 Å². The van der Waals surface area contributed by atoms with Crippen LogP contribution in [-0.2, 0) is 0 Å². The number of carbonyl (C=O) groups is 1. The number of rotatable bonds is 5. The number of aryl methyl sites for hydroxylation is 2. The molecule has 0 bridgehead atoms. The molecule has 0 atom stereocenters. The highest BCUT2D eigenvalue weighted by molar-refractivity contribution is 5.91. The highest BCUT2D eigenvalue weighted by Crippen LogP contribution is 2.21. The first-order valence-electron chi connectivity index (χ1n) is 6.19. The van der Waals surface area contributed by atoms with Gasteiger partial charge in [0.25, 0.3) is 5.91 Å². The molecular weight excluding hydrogens is 242 g/mol. The van der Waals surface area contributed by atoms with E-state index in [1.165, 1.54) is 6.26 Å². The second-order valence-electron chi connectivity index (χ2n) is 4.30. The van der Waals surface area contributed by atoms with Crippen LogP contribution in [0, 0.1) is 13.8 Å². The van der Waals surface area contributed by atoms with Crippen molar-refractivity contribution in [1.29, 1.82) is 0 Å². The molecule has 1 aromatic heterocycles. The molecule has 100 valence electrons. The molecule has 2 rings (SSSR count). The Kier molecular flexibility index (Phi) is 4.23. The zero-order valence-corrected chi connectivity index (χ0v) is 11.1. The summed E-state index contributed by atoms with van der Waals surface area (Å²) < 4.78 is 10.7. The lowest BCUT2D eigenvalue weighted by Gasteiger charge is -2.12. The van der Waals surface area contributed by atoms with Crippen molar-refractivity contribution in [2.45, 2.75) is 13.8 Å². The number of furan rings is 1. The third-order valence-corrected chi connectivity index (χ3v) is 2.79. The van der Waals surface area contributed by atoms with Gasteiger partial charge in [0.15, 0.2) is 5.76 Å². The van der Waals surface area contributed by atoms with E-state index in [9.17, 15) is 4.79 Å². The molecule has 0 saturated carbocycles. The van der Waals surface area contributed by atoms with Gasteiger partial charge in [0.1, 0.15) is 12.4 Å². The van der Waals surface area contributed by atoms with Crippen molar-refractivity contribution in [3.05, 3.63) is 53.5 Å². The Morgan fingerprint density at radius 3 is 2.58 bits per heavy atom. The van der Waals surface area contributed by atoms with Gasteiger partial charge in [0.05, 0.1) is 12.8 Å². The maximum absolute atomic E-state index is 11.6. The zero-order chi connectivity index (χ0) is 13.7. The molecule has 1 heterocycles. The first kappa shape index (κ1) is 13.2. The first-order chi connectivity index (χ1) is 9.18. The summed E-state index contributed by atoms with van der Waals surface area (Å²) in [5.41, 5.74) is 2.19. The molecule has 4 nitrogen and oxygen atoms in total. The number of hydrogen-bond acceptors (Lipinski definition) is 3. The van der Waals surface area contributed by atoms with E-state index >= 15 is 0 Å². The quantitative estimate of drug-likeness (QED) is 0.840. The predicted octanol–water partition coefficient (Wildman–Crippen LogP) is 2.71. The van der Waals surface area contributed by atoms with Gasteiger partial charge < -0.3 is 14.5 Å². The van der Waals surface area contributed by atoms with E-state index in [2.05, 4.69) is 5.32 Å². The van der Waals surface area contributed by atoms with Crippen molar-refractivity contribution in [2.75, 3.05) is 13.2 Å². The van der Waals surface area contributed by atoms with Crippen LogP contribution in [-0.4, -0.2) is 19.1 Å². The minimum atomic E-state index is -0.227. The number of ether oxygens (including phenoxy) is 1. The van der Waals surface area contributed by atoms with Gasteiger partial charge in [-0.3, -0.25) is 4.79 Å². The molecule has 1 aromatic carbocycles. The van der Waals surface area contributed by atoms with Crippen LogP contribution in [0.1, 0.15) is 21.7 Å². The van der Waals surface area contributed by atoms with E-state index < -0.39 is 0 Å². The lowest BCUT2D eigenvalue weighted by molar-refractivity contribution is 0.0919. The monoisotopic (exact) mass is 259 g/mol. The molecule has 0 aliphatic carbocycles. The second-order valence-corrected chi connectivity index (χ2v) is 4.30. The third kappa shape index (κ3) is 3.37. The summed E-state index contributed by atoms with van der Waals surface area (Å²) in [7, 11) is 0. The Bertz CT molecular complexity index is 526. The van der Waals surface area contributed by atoms with Crippen LogP contribution in [0.15, 0.2) is 41.0 Å². The minimum absolute atomic E-state index is 0.227. The molecule has 0 unspecified atom stereocenters. The van der Waals surface area contributed by atoms with Crippen LogP contribution in [0.3, 0.4) is 0 Å². The van der Waals surface area contributed by atoms with E-state index in [-0.39, 0.29) is 5.91 Å². The fraction of sp³-hybridized carbons (Fsp3) is 0.267. The van der Waals surface area contributed by atoms with Gasteiger partial charge in [-0.2, -0.15) is 0 Å². The maximum atomic E-state index is 11.6. The normalized spacial score (nSPS) is 10.2. The lowest BCUT2D eigenvalue weighted by atomic mass is 10.1. The Balaban J connectivity index is 1.80. The molecule has 19 heavy (non-hydrogen) atoms. The smallest absolute Gasteiger partial charge is 0.287 e. The largest absolute Gasteiger partial charge is 0.491 e. The van der Waals surface area contributed by atoms with E-state index in [4.69, 9.17) is 9.15 Å². The predicted molar refractivity (Wildman–Crippen MR) is 72.5 cm³/mol. The van der Waals surface area contributed by atoms with E-state index in [0.717, 1.165) is 16.9 Å². The van der Waals surface area contributed by atoms with Gasteiger partial charge in [-0.25, -0.2) is 0 Å². The molecule has 0 aliphatic rings. The average molecular weight is 259 g/mol. The molecule has 0 saturated heterocycles. The minimum Gasteiger partial charge on any atom is -0.491 e. The molecule has 4 heteroatoms. The second kappa shape index (κ2) is 6.09. The number of benzene rings is 1. The maximum Gasteiger partial charge on any atom is 0.287 e. The average Bonchev–Trinajstić information content (AvgIpc) is 2.91. The lowest BCUT2D eigenvalue weighted by Crippen LogP contribution is -2.27. The van der Waals surface area contributed by atoms with Crippen molar-refractivity contribution in [3.8, 4) is 5.75 Å². The van der Waals surface area contributed by atoms with Crippen LogP contribution in [0.5, 0.6) is 5.75 Å². The highest BCUT2D eigenvalue weighted by atomic mass is 16.5. The van der Waals surface area contributed by atoms with Crippen LogP contribution in [0.4, 0.5) is 0 Å². The summed E-state index contributed by atoms with van der Waals surface area (Å²) in [4.78, 5) is 11.6. The van der Waals surface area contributed by atoms with Crippen molar-refractivity contribution in [3.63, 3.8) is 0 Å². The van der Waals surface area contributed by atoms with Crippen LogP contribution in [0.25, 0.3) is 0 Å². The number of hydrogen-bond donors (Lipinski definition) is 1. The van der Waals surface area contributed by atoms with Crippen molar-refractivity contribution >= 4 is 5.91 Å². The molecule has 0 fully saturated rings. The van der Waals surface area contributed by atoms with Crippen LogP contribution >= 0.6 is 0 Å². The molecule has 0 radical (unpaired) electrons. The zero-order valence-electron chi connectivity index (χ0n) is 11.1. The molecule has 2 aromatic rings. The molecular formula is C15H17NO3. The summed E-state index contributed by atoms with van der Waals surface area (Å²) >= 11 is 0. The Morgan fingerprint density at radius 2 is 1.95 bits per heavy atom. The van der Waals surface area contributed by atoms with Gasteiger partial charge in [0.2, 0.25) is 0 Å². The van der Waals surface area contributed by atoms with Crippen LogP contribution < -0.4 is 10.1 Å². The van der Waals surface area contributed by atoms with Gasteiger partial charge >= 0.3 is 0 Å². The van der Waals surface area contributed by atoms with E-state index in [1.807, 2.05) is 32.0 Å². The van der Waals surface area contributed by atoms with Gasteiger partial charge in [0, 0.05) is 0 Å². The van der Waals surface area contributed by atoms with Crippen LogP contribution in [0.2, 0.25) is 0 Å². The molecule has 1 N–H and O–H groups in total. The summed E-state index contributed by atoms with van der Waals surface area (Å²) in [6, 6.07) is 9.31. The number of para-hydroxylation sites is 1. The molecule has 1 amide bonds. The topological polar surface area (TPSA) is 51.5 Å². The van der Waals surface area contributed by atoms with Gasteiger partial charge in [-0.05, 0) is 37.1 Å². The number of carbonyl (C=O) groups excluding carboxylic acids is 1. The van der Waals surface area contributed by atoms with Gasteiger partial charge in [-0.15, -0.1) is 0 Å². The summed E-state index contributed by atoms with van der Waals surface area (Å²) in [6.45, 7) is 4.87. The van der Waals surface area contributed by atoms with Crippen molar-refractivity contribution in [1.82, 2.24) is 5.32 Å². The van der Waals surface area contributed by atoms with E-state index in [0.29, 0.717) is 18.9 Å². The molecule has 0 aliphatic heterocycles. The highest BCUT2D eigenvalue weighted by Gasteiger charge is 2.07. The number of nitrogens with one attached hydrogen (secondary N) is 1. The standard InChI is InChI=1S/C15H17NO3/c1-11-5-3-6-12(2)14(11)19-10-8-16-15(17)13-7-4-9-18-13/h3-7,9H,8,10H2,1-2H3,(H,16,17). The van der Waals surface area contributed by atoms with Crippen molar-refractivity contribution < 1.29 is 13.9 Å². The fourth-order valence-corrected chi connectivity index (χ4v) is 1.84. The number of amides is 1. The third-order valence-electron chi connectivity index (χ3n) is 2.79. The first-order valence-corrected chi connectivity index (χ1v) is 6.19. The van der Waals surface area contributed by atoms with E-state index in [1.54, 1.807) is 12.1 Å². The Labute approximate surface area is 112 Å². The fourth-order valence-electron chi connectivity index (χ4n) is 1.84.